The number of Topliss-reactive ketones (excluding diaryl/α,β-unsaturated/α-hetero) is 1. The van der Waals surface area contributed by atoms with Crippen LogP contribution in [0.15, 0.2) is 36.5 Å². The van der Waals surface area contributed by atoms with Gasteiger partial charge in [0.2, 0.25) is 27.7 Å². The van der Waals surface area contributed by atoms with Gasteiger partial charge in [-0.05, 0) is 95.2 Å². The van der Waals surface area contributed by atoms with E-state index in [9.17, 15) is 36.4 Å². The molecule has 0 spiro atoms. The number of pyridine rings is 1. The molecular weight excluding hydrogens is 753 g/mol. The van der Waals surface area contributed by atoms with Crippen molar-refractivity contribution in [2.75, 3.05) is 6.54 Å². The minimum Gasteiger partial charge on any atom is -0.472 e. The Bertz CT molecular complexity index is 2070. The van der Waals surface area contributed by atoms with Crippen LogP contribution in [0.3, 0.4) is 0 Å². The first kappa shape index (κ1) is 39.9. The summed E-state index contributed by atoms with van der Waals surface area (Å²) in [7, 11) is -3.90. The molecule has 7 atom stereocenters. The first-order valence-electron chi connectivity index (χ1n) is 19.4. The van der Waals surface area contributed by atoms with E-state index >= 15 is 0 Å². The molecule has 1 aromatic heterocycles. The number of hydrogen-bond acceptors (Lipinski definition) is 11. The Morgan fingerprint density at radius 3 is 2.52 bits per heavy atom. The lowest BCUT2D eigenvalue weighted by molar-refractivity contribution is -0.286. The summed E-state index contributed by atoms with van der Waals surface area (Å²) in [5, 5.41) is -0.0498. The molecule has 0 bridgehead atoms. The van der Waals surface area contributed by atoms with Gasteiger partial charge in [-0.15, -0.1) is 8.78 Å². The van der Waals surface area contributed by atoms with Gasteiger partial charge < -0.3 is 23.8 Å². The minimum absolute atomic E-state index is 0.00617. The van der Waals surface area contributed by atoms with Crippen LogP contribution in [0.2, 0.25) is 0 Å². The number of esters is 1. The third kappa shape index (κ3) is 8.35. The Hall–Kier alpha value is -4.34. The van der Waals surface area contributed by atoms with Crippen LogP contribution in [-0.2, 0) is 33.9 Å². The highest BCUT2D eigenvalue weighted by molar-refractivity contribution is 7.90. The first-order chi connectivity index (χ1) is 26.2. The lowest BCUT2D eigenvalue weighted by Crippen LogP contribution is -2.47. The fraction of sp³-hybridized carbons (Fsp3) is 0.625. The Labute approximate surface area is 324 Å². The number of allylic oxidation sites excluding steroid dienone is 2. The fourth-order valence-electron chi connectivity index (χ4n) is 8.43. The number of nitrogens with zero attached hydrogens (tertiary/aromatic N) is 2. The second kappa shape index (κ2) is 14.6. The van der Waals surface area contributed by atoms with Crippen molar-refractivity contribution >= 4 is 44.4 Å². The van der Waals surface area contributed by atoms with Crippen molar-refractivity contribution in [2.45, 2.75) is 122 Å². The fourth-order valence-corrected chi connectivity index (χ4v) is 9.82. The van der Waals surface area contributed by atoms with Crippen LogP contribution in [0.4, 0.5) is 8.78 Å². The average molecular weight is 802 g/mol. The van der Waals surface area contributed by atoms with Crippen LogP contribution in [0.25, 0.3) is 10.8 Å². The molecule has 2 aliphatic carbocycles. The summed E-state index contributed by atoms with van der Waals surface area (Å²) in [5.41, 5.74) is -2.12. The quantitative estimate of drug-likeness (QED) is 0.264. The van der Waals surface area contributed by atoms with E-state index in [2.05, 4.69) is 21.4 Å². The van der Waals surface area contributed by atoms with Gasteiger partial charge in [0.25, 0.3) is 0 Å². The van der Waals surface area contributed by atoms with Crippen LogP contribution >= 0.6 is 0 Å². The van der Waals surface area contributed by atoms with E-state index in [1.807, 2.05) is 19.1 Å². The van der Waals surface area contributed by atoms with Crippen molar-refractivity contribution in [1.82, 2.24) is 14.6 Å². The molecule has 0 unspecified atom stereocenters. The highest BCUT2D eigenvalue weighted by Crippen LogP contribution is 2.57. The zero-order chi connectivity index (χ0) is 40.4. The summed E-state index contributed by atoms with van der Waals surface area (Å²) < 4.78 is 77.4. The van der Waals surface area contributed by atoms with E-state index in [1.54, 1.807) is 20.8 Å². The second-order valence-electron chi connectivity index (χ2n) is 17.3. The predicted octanol–water partition coefficient (Wildman–Crippen LogP) is 5.84. The zero-order valence-electron chi connectivity index (χ0n) is 32.2. The zero-order valence-corrected chi connectivity index (χ0v) is 33.0. The van der Waals surface area contributed by atoms with Crippen molar-refractivity contribution in [1.29, 1.82) is 0 Å². The highest BCUT2D eigenvalue weighted by Gasteiger charge is 2.62. The van der Waals surface area contributed by atoms with Crippen molar-refractivity contribution in [3.63, 3.8) is 0 Å². The van der Waals surface area contributed by atoms with E-state index in [4.69, 9.17) is 14.2 Å². The van der Waals surface area contributed by atoms with Gasteiger partial charge in [-0.1, -0.05) is 26.0 Å². The smallest absolute Gasteiger partial charge is 0.472 e. The number of benzene rings is 1. The molecule has 56 heavy (non-hydrogen) atoms. The normalized spacial score (nSPS) is 31.1. The van der Waals surface area contributed by atoms with E-state index in [0.29, 0.717) is 31.1 Å². The van der Waals surface area contributed by atoms with Crippen molar-refractivity contribution < 1.29 is 55.3 Å². The van der Waals surface area contributed by atoms with Crippen LogP contribution < -0.4 is 18.9 Å². The lowest BCUT2D eigenvalue weighted by atomic mass is 9.82. The predicted molar refractivity (Wildman–Crippen MR) is 198 cm³/mol. The van der Waals surface area contributed by atoms with E-state index < -0.39 is 74.2 Å². The number of rotatable bonds is 7. The molecule has 13 nitrogen and oxygen atoms in total. The van der Waals surface area contributed by atoms with Crippen molar-refractivity contribution in [2.24, 2.45) is 29.1 Å². The number of carbonyl (C=O) groups excluding carboxylic acids is 4. The summed E-state index contributed by atoms with van der Waals surface area (Å²) in [6, 6.07) is 3.21. The lowest BCUT2D eigenvalue weighted by Gasteiger charge is -2.32. The third-order valence-corrected chi connectivity index (χ3v) is 13.3. The molecule has 3 fully saturated rings. The van der Waals surface area contributed by atoms with Crippen molar-refractivity contribution in [3.05, 3.63) is 36.5 Å². The van der Waals surface area contributed by atoms with Gasteiger partial charge in [0, 0.05) is 29.8 Å². The molecule has 7 rings (SSSR count). The summed E-state index contributed by atoms with van der Waals surface area (Å²) in [6.45, 7) is 9.14. The van der Waals surface area contributed by atoms with E-state index in [1.165, 1.54) is 29.3 Å². The first-order valence-corrected chi connectivity index (χ1v) is 20.9. The van der Waals surface area contributed by atoms with Gasteiger partial charge in [0.15, 0.2) is 17.3 Å². The third-order valence-electron chi connectivity index (χ3n) is 11.5. The molecule has 3 aliphatic heterocycles. The molecular formula is C40H49F2N3O10S. The summed E-state index contributed by atoms with van der Waals surface area (Å²) in [6.07, 6.45) is 3.28. The van der Waals surface area contributed by atoms with Gasteiger partial charge >= 0.3 is 12.3 Å². The van der Waals surface area contributed by atoms with Gasteiger partial charge in [-0.25, -0.2) is 13.4 Å². The van der Waals surface area contributed by atoms with Gasteiger partial charge in [0.05, 0.1) is 35.6 Å². The summed E-state index contributed by atoms with van der Waals surface area (Å²) in [4.78, 5) is 62.3. The molecule has 5 aliphatic rings. The Balaban J connectivity index is 1.22. The number of halogens is 2. The minimum atomic E-state index is -3.90. The number of aromatic nitrogens is 1. The maximum absolute atomic E-state index is 14.8. The summed E-state index contributed by atoms with van der Waals surface area (Å²) >= 11 is 0. The largest absolute Gasteiger partial charge is 0.586 e. The molecule has 4 heterocycles. The van der Waals surface area contributed by atoms with Crippen LogP contribution in [0, 0.1) is 29.1 Å². The van der Waals surface area contributed by atoms with Gasteiger partial charge in [-0.3, -0.25) is 23.9 Å². The van der Waals surface area contributed by atoms with Gasteiger partial charge in [0.1, 0.15) is 11.7 Å². The SMILES string of the molecule is C[C@@H]1CC/C=C\[C@@H]2C[C@@]2(C(=O)NS(=O)(=O)C2CC2)CC(=O)[C@@H]2C[C@@H](Oc3nccc4c5c(ccc34)OC(F)(F)O5)CN2C(=O)[C@@H](CC(=O)OC(C)(C)C)[C@H](C)C1. The van der Waals surface area contributed by atoms with Crippen molar-refractivity contribution in [3.8, 4) is 17.4 Å². The molecule has 304 valence electrons. The second-order valence-corrected chi connectivity index (χ2v) is 19.2. The Morgan fingerprint density at radius 1 is 1.05 bits per heavy atom. The Morgan fingerprint density at radius 2 is 1.80 bits per heavy atom. The number of nitrogens with one attached hydrogen (secondary N) is 1. The molecule has 1 N–H and O–H groups in total. The number of ketones is 1. The number of amides is 2. The molecule has 2 aromatic rings. The molecule has 2 saturated carbocycles. The number of hydrogen-bond donors (Lipinski definition) is 1. The number of fused-ring (bicyclic) bond motifs is 5. The average Bonchev–Trinajstić information content (AvgIpc) is 4.00. The van der Waals surface area contributed by atoms with Crippen LogP contribution in [0.1, 0.15) is 92.4 Å². The molecule has 1 saturated heterocycles. The van der Waals surface area contributed by atoms with E-state index in [0.717, 1.165) is 6.42 Å². The summed E-state index contributed by atoms with van der Waals surface area (Å²) in [5.74, 6) is -3.80. The maximum Gasteiger partial charge on any atom is 0.586 e. The number of ether oxygens (including phenoxy) is 4. The highest BCUT2D eigenvalue weighted by atomic mass is 32.2. The number of sulfonamides is 1. The molecule has 0 radical (unpaired) electrons. The number of alkyl halides is 2. The topological polar surface area (TPSA) is 168 Å². The van der Waals surface area contributed by atoms with Gasteiger partial charge in [-0.2, -0.15) is 0 Å². The maximum atomic E-state index is 14.8. The van der Waals surface area contributed by atoms with Crippen LogP contribution in [0.5, 0.6) is 17.4 Å². The standard InChI is InChI=1S/C40H49F2N3O10S/c1-22-8-6-7-9-24-19-39(24,37(49)44-56(50,51)26-10-11-26)20-31(46)30-17-25(21-45(30)36(48)29(23(2)16-22)18-33(47)54-38(3,4)5)52-35-28-12-13-32-34(27(28)14-15-43-35)55-40(41,42)53-32/h7,9,12-15,22-26,29-30H,6,8,10-11,16-21H2,1-5H3,(H,44,49)/b9-7-/t22-,23-,24-,25-,29+,30+,39-/m1/s1. The van der Waals surface area contributed by atoms with Crippen LogP contribution in [-0.4, -0.2) is 77.7 Å². The monoisotopic (exact) mass is 801 g/mol. The number of carbonyl (C=O) groups is 4. The Kier molecular flexibility index (Phi) is 10.4. The molecule has 16 heteroatoms. The molecule has 1 aromatic carbocycles. The van der Waals surface area contributed by atoms with E-state index in [-0.39, 0.29) is 72.7 Å². The molecule has 2 amide bonds.